The first-order chi connectivity index (χ1) is 9.51. The zero-order valence-electron chi connectivity index (χ0n) is 11.7. The Morgan fingerprint density at radius 2 is 1.45 bits per heavy atom. The number of halogens is 2. The molecule has 0 bridgehead atoms. The minimum atomic E-state index is -0.564. The highest BCUT2D eigenvalue weighted by molar-refractivity contribution is 5.63. The molecule has 0 spiro atoms. The van der Waals surface area contributed by atoms with Crippen LogP contribution in [0.5, 0.6) is 0 Å². The fraction of sp³-hybridized carbons (Fsp3) is 0.294. The van der Waals surface area contributed by atoms with Gasteiger partial charge in [0.2, 0.25) is 0 Å². The molecule has 1 atom stereocenters. The first-order valence-corrected chi connectivity index (χ1v) is 6.77. The van der Waals surface area contributed by atoms with Gasteiger partial charge in [-0.3, -0.25) is 0 Å². The lowest BCUT2D eigenvalue weighted by Crippen LogP contribution is -2.17. The summed E-state index contributed by atoms with van der Waals surface area (Å²) in [7, 11) is 0. The maximum atomic E-state index is 13.2. The minimum absolute atomic E-state index is 0.299. The van der Waals surface area contributed by atoms with E-state index in [4.69, 9.17) is 5.73 Å². The molecule has 0 aromatic heterocycles. The quantitative estimate of drug-likeness (QED) is 0.883. The van der Waals surface area contributed by atoms with Crippen LogP contribution in [0.15, 0.2) is 42.5 Å². The Labute approximate surface area is 118 Å². The minimum Gasteiger partial charge on any atom is -0.330 e. The summed E-state index contributed by atoms with van der Waals surface area (Å²) in [6.07, 6.45) is 0. The molecule has 0 amide bonds. The van der Waals surface area contributed by atoms with Crippen LogP contribution < -0.4 is 5.73 Å². The van der Waals surface area contributed by atoms with Gasteiger partial charge >= 0.3 is 0 Å². The average Bonchev–Trinajstić information content (AvgIpc) is 2.38. The van der Waals surface area contributed by atoms with Crippen molar-refractivity contribution in [2.45, 2.75) is 19.8 Å². The van der Waals surface area contributed by atoms with Crippen LogP contribution in [0, 0.1) is 17.6 Å². The first kappa shape index (κ1) is 14.7. The molecule has 0 fully saturated rings. The third-order valence-corrected chi connectivity index (χ3v) is 3.59. The van der Waals surface area contributed by atoms with Crippen molar-refractivity contribution in [2.24, 2.45) is 11.7 Å². The van der Waals surface area contributed by atoms with Crippen LogP contribution in [-0.4, -0.2) is 6.54 Å². The highest BCUT2D eigenvalue weighted by Gasteiger charge is 2.14. The molecular weight excluding hydrogens is 256 g/mol. The molecule has 2 aromatic carbocycles. The number of hydrogen-bond acceptors (Lipinski definition) is 1. The van der Waals surface area contributed by atoms with Gasteiger partial charge in [0.15, 0.2) is 0 Å². The maximum Gasteiger partial charge on any atom is 0.126 e. The second-order valence-corrected chi connectivity index (χ2v) is 5.37. The number of nitrogens with two attached hydrogens (primary N) is 1. The largest absolute Gasteiger partial charge is 0.330 e. The topological polar surface area (TPSA) is 26.0 Å². The summed E-state index contributed by atoms with van der Waals surface area (Å²) in [6, 6.07) is 11.3. The van der Waals surface area contributed by atoms with E-state index in [1.807, 2.05) is 24.3 Å². The molecule has 0 aliphatic rings. The predicted molar refractivity (Wildman–Crippen MR) is 78.4 cm³/mol. The first-order valence-electron chi connectivity index (χ1n) is 6.77. The molecule has 0 saturated heterocycles. The van der Waals surface area contributed by atoms with E-state index in [1.54, 1.807) is 0 Å². The van der Waals surface area contributed by atoms with Crippen molar-refractivity contribution in [3.05, 3.63) is 59.7 Å². The lowest BCUT2D eigenvalue weighted by molar-refractivity contribution is 0.506. The van der Waals surface area contributed by atoms with E-state index in [1.165, 1.54) is 12.1 Å². The summed E-state index contributed by atoms with van der Waals surface area (Å²) in [5.41, 5.74) is 8.29. The van der Waals surface area contributed by atoms with Crippen molar-refractivity contribution in [3.8, 4) is 11.1 Å². The monoisotopic (exact) mass is 275 g/mol. The van der Waals surface area contributed by atoms with Crippen LogP contribution in [0.3, 0.4) is 0 Å². The number of benzene rings is 2. The van der Waals surface area contributed by atoms with Crippen molar-refractivity contribution in [1.82, 2.24) is 0 Å². The van der Waals surface area contributed by atoms with Crippen LogP contribution >= 0.6 is 0 Å². The van der Waals surface area contributed by atoms with Crippen molar-refractivity contribution < 1.29 is 8.78 Å². The Morgan fingerprint density at radius 1 is 0.900 bits per heavy atom. The summed E-state index contributed by atoms with van der Waals surface area (Å²) in [5.74, 6) is -0.372. The van der Waals surface area contributed by atoms with Gasteiger partial charge in [0.05, 0.1) is 0 Å². The van der Waals surface area contributed by atoms with Crippen molar-refractivity contribution in [2.75, 3.05) is 6.54 Å². The molecule has 20 heavy (non-hydrogen) atoms. The molecule has 0 heterocycles. The molecule has 3 heteroatoms. The molecule has 1 unspecified atom stereocenters. The lowest BCUT2D eigenvalue weighted by atomic mass is 9.88. The maximum absolute atomic E-state index is 13.2. The van der Waals surface area contributed by atoms with Gasteiger partial charge in [0.1, 0.15) is 11.6 Å². The SMILES string of the molecule is CC(C)C(CN)c1ccc(-c2cc(F)cc(F)c2)cc1. The Hall–Kier alpha value is -1.74. The molecule has 0 radical (unpaired) electrons. The van der Waals surface area contributed by atoms with Crippen LogP contribution in [0.4, 0.5) is 8.78 Å². The summed E-state index contributed by atoms with van der Waals surface area (Å²) >= 11 is 0. The van der Waals surface area contributed by atoms with Gasteiger partial charge in [-0.05, 0) is 47.2 Å². The molecule has 2 N–H and O–H groups in total. The van der Waals surface area contributed by atoms with Crippen LogP contribution in [-0.2, 0) is 0 Å². The Morgan fingerprint density at radius 3 is 1.90 bits per heavy atom. The number of hydrogen-bond donors (Lipinski definition) is 1. The van der Waals surface area contributed by atoms with Crippen molar-refractivity contribution >= 4 is 0 Å². The van der Waals surface area contributed by atoms with E-state index < -0.39 is 11.6 Å². The molecular formula is C17H19F2N. The molecule has 0 saturated carbocycles. The normalized spacial score (nSPS) is 12.7. The van der Waals surface area contributed by atoms with Crippen molar-refractivity contribution in [3.63, 3.8) is 0 Å². The second kappa shape index (κ2) is 6.14. The van der Waals surface area contributed by atoms with Gasteiger partial charge in [-0.2, -0.15) is 0 Å². The zero-order chi connectivity index (χ0) is 14.7. The summed E-state index contributed by atoms with van der Waals surface area (Å²) in [4.78, 5) is 0. The molecule has 2 rings (SSSR count). The van der Waals surface area contributed by atoms with E-state index in [0.717, 1.165) is 17.2 Å². The van der Waals surface area contributed by atoms with Gasteiger partial charge in [-0.25, -0.2) is 8.78 Å². The van der Waals surface area contributed by atoms with Gasteiger partial charge in [-0.15, -0.1) is 0 Å². The zero-order valence-corrected chi connectivity index (χ0v) is 11.7. The second-order valence-electron chi connectivity index (χ2n) is 5.37. The van der Waals surface area contributed by atoms with E-state index in [0.29, 0.717) is 23.9 Å². The van der Waals surface area contributed by atoms with E-state index in [2.05, 4.69) is 13.8 Å². The molecule has 2 aromatic rings. The lowest BCUT2D eigenvalue weighted by Gasteiger charge is -2.19. The molecule has 0 aliphatic carbocycles. The standard InChI is InChI=1S/C17H19F2N/c1-11(2)17(10-20)13-5-3-12(4-6-13)14-7-15(18)9-16(19)8-14/h3-9,11,17H,10,20H2,1-2H3. The molecule has 0 aliphatic heterocycles. The van der Waals surface area contributed by atoms with Gasteiger partial charge in [0.25, 0.3) is 0 Å². The van der Waals surface area contributed by atoms with E-state index >= 15 is 0 Å². The summed E-state index contributed by atoms with van der Waals surface area (Å²) in [5, 5.41) is 0. The third-order valence-electron chi connectivity index (χ3n) is 3.59. The van der Waals surface area contributed by atoms with Gasteiger partial charge < -0.3 is 5.73 Å². The Balaban J connectivity index is 2.32. The number of rotatable bonds is 4. The van der Waals surface area contributed by atoms with E-state index in [9.17, 15) is 8.78 Å². The van der Waals surface area contributed by atoms with Gasteiger partial charge in [-0.1, -0.05) is 38.1 Å². The highest BCUT2D eigenvalue weighted by atomic mass is 19.1. The Kier molecular flexibility index (Phi) is 4.50. The third kappa shape index (κ3) is 3.23. The fourth-order valence-electron chi connectivity index (χ4n) is 2.44. The summed E-state index contributed by atoms with van der Waals surface area (Å²) < 4.78 is 26.5. The summed E-state index contributed by atoms with van der Waals surface area (Å²) in [6.45, 7) is 4.85. The Bertz CT molecular complexity index is 556. The van der Waals surface area contributed by atoms with Crippen LogP contribution in [0.1, 0.15) is 25.3 Å². The van der Waals surface area contributed by atoms with Crippen LogP contribution in [0.2, 0.25) is 0 Å². The van der Waals surface area contributed by atoms with Gasteiger partial charge in [0, 0.05) is 6.07 Å². The van der Waals surface area contributed by atoms with Crippen LogP contribution in [0.25, 0.3) is 11.1 Å². The molecule has 1 nitrogen and oxygen atoms in total. The highest BCUT2D eigenvalue weighted by Crippen LogP contribution is 2.27. The molecule has 106 valence electrons. The smallest absolute Gasteiger partial charge is 0.126 e. The fourth-order valence-corrected chi connectivity index (χ4v) is 2.44. The average molecular weight is 275 g/mol. The van der Waals surface area contributed by atoms with E-state index in [-0.39, 0.29) is 0 Å². The predicted octanol–water partition coefficient (Wildman–Crippen LogP) is 4.33. The van der Waals surface area contributed by atoms with Crippen molar-refractivity contribution in [1.29, 1.82) is 0 Å².